The van der Waals surface area contributed by atoms with Crippen molar-refractivity contribution in [3.8, 4) is 5.69 Å². The molecule has 1 aliphatic carbocycles. The molecule has 3 atom stereocenters. The van der Waals surface area contributed by atoms with E-state index in [0.29, 0.717) is 18.2 Å². The number of benzene rings is 1. The summed E-state index contributed by atoms with van der Waals surface area (Å²) in [5, 5.41) is 8.35. The molecule has 7 nitrogen and oxygen atoms in total. The molecule has 0 radical (unpaired) electrons. The van der Waals surface area contributed by atoms with Gasteiger partial charge in [0.1, 0.15) is 12.2 Å². The first-order chi connectivity index (χ1) is 20.3. The number of aryl methyl sites for hydroxylation is 1. The highest BCUT2D eigenvalue weighted by Gasteiger charge is 2.43. The van der Waals surface area contributed by atoms with Crippen LogP contribution < -0.4 is 5.69 Å². The van der Waals surface area contributed by atoms with Crippen LogP contribution in [-0.4, -0.2) is 47.9 Å². The molecule has 0 unspecified atom stereocenters. The Hall–Kier alpha value is -3.61. The molecule has 0 amide bonds. The van der Waals surface area contributed by atoms with E-state index in [4.69, 9.17) is 0 Å². The minimum atomic E-state index is -4.79. The van der Waals surface area contributed by atoms with Crippen LogP contribution in [0.5, 0.6) is 0 Å². The summed E-state index contributed by atoms with van der Waals surface area (Å²) in [6.07, 6.45) is -1.66. The number of hydrogen-bond donors (Lipinski definition) is 0. The molecule has 4 aromatic rings. The van der Waals surface area contributed by atoms with Crippen LogP contribution in [0.15, 0.2) is 53.8 Å². The van der Waals surface area contributed by atoms with Gasteiger partial charge in [0.2, 0.25) is 0 Å². The SMILES string of the molecule is C[C@@H](c1cc(C(F)(F)F)c2cn(-c3cccc([C@H](c4nncn4C)C4CCC4)c3)c(=O)n2c1)N1CCC[C@H](C(F)(F)F)C1. The van der Waals surface area contributed by atoms with Crippen molar-refractivity contribution in [3.05, 3.63) is 82.1 Å². The molecule has 1 aromatic carbocycles. The van der Waals surface area contributed by atoms with Gasteiger partial charge in [-0.05, 0) is 74.4 Å². The molecular weight excluding hydrogens is 574 g/mol. The van der Waals surface area contributed by atoms with Crippen molar-refractivity contribution in [1.29, 1.82) is 0 Å². The molecule has 2 aliphatic rings. The van der Waals surface area contributed by atoms with Gasteiger partial charge in [0, 0.05) is 37.9 Å². The minimum Gasteiger partial charge on any atom is -0.320 e. The highest BCUT2D eigenvalue weighted by molar-refractivity contribution is 5.58. The molecule has 2 fully saturated rings. The summed E-state index contributed by atoms with van der Waals surface area (Å²) < 4.78 is 87.4. The Labute approximate surface area is 243 Å². The number of halogens is 6. The number of aromatic nitrogens is 5. The number of fused-ring (bicyclic) bond motifs is 1. The quantitative estimate of drug-likeness (QED) is 0.235. The average Bonchev–Trinajstić information content (AvgIpc) is 3.51. The Balaban J connectivity index is 1.42. The summed E-state index contributed by atoms with van der Waals surface area (Å²) in [5.74, 6) is -0.525. The topological polar surface area (TPSA) is 60.4 Å². The van der Waals surface area contributed by atoms with Gasteiger partial charge in [0.25, 0.3) is 0 Å². The molecule has 0 N–H and O–H groups in total. The monoisotopic (exact) mass is 606 g/mol. The van der Waals surface area contributed by atoms with E-state index in [1.807, 2.05) is 17.7 Å². The Kier molecular flexibility index (Phi) is 7.42. The van der Waals surface area contributed by atoms with Gasteiger partial charge in [-0.25, -0.2) is 4.79 Å². The molecule has 1 saturated carbocycles. The molecular formula is C30H32F6N6O. The van der Waals surface area contributed by atoms with E-state index in [0.717, 1.165) is 41.1 Å². The van der Waals surface area contributed by atoms with E-state index in [1.54, 1.807) is 36.4 Å². The number of likely N-dealkylation sites (tertiary alicyclic amines) is 1. The van der Waals surface area contributed by atoms with Crippen LogP contribution in [0.4, 0.5) is 26.3 Å². The smallest absolute Gasteiger partial charge is 0.320 e. The summed E-state index contributed by atoms with van der Waals surface area (Å²) in [6.45, 7) is 1.60. The fraction of sp³-hybridized carbons (Fsp3) is 0.500. The fourth-order valence-electron chi connectivity index (χ4n) is 6.53. The van der Waals surface area contributed by atoms with Crippen LogP contribution in [-0.2, 0) is 13.2 Å². The Morgan fingerprint density at radius 3 is 2.37 bits per heavy atom. The highest BCUT2D eigenvalue weighted by Crippen LogP contribution is 2.43. The van der Waals surface area contributed by atoms with Gasteiger partial charge < -0.3 is 4.57 Å². The highest BCUT2D eigenvalue weighted by atomic mass is 19.4. The molecule has 3 aromatic heterocycles. The van der Waals surface area contributed by atoms with Gasteiger partial charge in [-0.2, -0.15) is 26.3 Å². The van der Waals surface area contributed by atoms with Crippen molar-refractivity contribution >= 4 is 5.52 Å². The molecule has 1 aliphatic heterocycles. The average molecular weight is 607 g/mol. The molecule has 13 heteroatoms. The number of alkyl halides is 6. The third-order valence-electron chi connectivity index (χ3n) is 9.19. The normalized spacial score (nSPS) is 20.3. The van der Waals surface area contributed by atoms with Crippen molar-refractivity contribution < 1.29 is 26.3 Å². The second-order valence-corrected chi connectivity index (χ2v) is 11.8. The van der Waals surface area contributed by atoms with E-state index >= 15 is 0 Å². The van der Waals surface area contributed by atoms with Crippen molar-refractivity contribution in [3.63, 3.8) is 0 Å². The number of piperidine rings is 1. The fourth-order valence-corrected chi connectivity index (χ4v) is 6.53. The largest absolute Gasteiger partial charge is 0.418 e. The maximum atomic E-state index is 14.4. The summed E-state index contributed by atoms with van der Waals surface area (Å²) in [4.78, 5) is 15.2. The first kappa shape index (κ1) is 29.5. The number of pyridine rings is 1. The number of rotatable bonds is 6. The molecule has 230 valence electrons. The van der Waals surface area contributed by atoms with Crippen LogP contribution in [0.2, 0.25) is 0 Å². The number of imidazole rings is 1. The van der Waals surface area contributed by atoms with Gasteiger partial charge >= 0.3 is 18.0 Å². The maximum absolute atomic E-state index is 14.4. The zero-order valence-corrected chi connectivity index (χ0v) is 23.7. The molecule has 0 bridgehead atoms. The predicted molar refractivity (Wildman–Crippen MR) is 147 cm³/mol. The Morgan fingerprint density at radius 2 is 1.74 bits per heavy atom. The molecule has 0 spiro atoms. The standard InChI is InChI=1S/C30H32F6N6O/c1-18(40-11-5-9-22(15-40)29(31,32)33)21-13-24(30(34,35)36)25-16-41(28(43)42(25)14-21)23-10-4-8-20(12-23)26(19-6-3-7-19)27-38-37-17-39(27)2/h4,8,10,12-14,16-19,22,26H,3,5-7,9,11,15H2,1-2H3/t18-,22-,26+/m0/s1. The minimum absolute atomic E-state index is 0.0147. The number of nitrogens with zero attached hydrogens (tertiary/aromatic N) is 6. The van der Waals surface area contributed by atoms with Gasteiger partial charge in [-0.3, -0.25) is 13.9 Å². The van der Waals surface area contributed by atoms with Crippen molar-refractivity contribution in [2.24, 2.45) is 18.9 Å². The summed E-state index contributed by atoms with van der Waals surface area (Å²) in [6, 6.07) is 7.37. The predicted octanol–water partition coefficient (Wildman–Crippen LogP) is 6.50. The van der Waals surface area contributed by atoms with E-state index in [2.05, 4.69) is 10.2 Å². The number of hydrogen-bond acceptors (Lipinski definition) is 4. The van der Waals surface area contributed by atoms with E-state index in [-0.39, 0.29) is 36.4 Å². The third kappa shape index (κ3) is 5.47. The van der Waals surface area contributed by atoms with Crippen LogP contribution in [0.3, 0.4) is 0 Å². The van der Waals surface area contributed by atoms with Crippen LogP contribution in [0.1, 0.15) is 73.5 Å². The summed E-state index contributed by atoms with van der Waals surface area (Å²) in [5.41, 5.74) is -0.616. The van der Waals surface area contributed by atoms with Gasteiger partial charge in [-0.1, -0.05) is 18.6 Å². The molecule has 1 saturated heterocycles. The lowest BCUT2D eigenvalue weighted by atomic mass is 9.72. The lowest BCUT2D eigenvalue weighted by molar-refractivity contribution is -0.188. The summed E-state index contributed by atoms with van der Waals surface area (Å²) in [7, 11) is 1.86. The van der Waals surface area contributed by atoms with Gasteiger partial charge in [0.05, 0.1) is 22.7 Å². The van der Waals surface area contributed by atoms with E-state index in [9.17, 15) is 31.1 Å². The Morgan fingerprint density at radius 1 is 0.977 bits per heavy atom. The maximum Gasteiger partial charge on any atom is 0.418 e. The van der Waals surface area contributed by atoms with E-state index < -0.39 is 35.6 Å². The zero-order valence-electron chi connectivity index (χ0n) is 23.7. The molecule has 6 rings (SSSR count). The zero-order chi connectivity index (χ0) is 30.7. The molecule has 4 heterocycles. The van der Waals surface area contributed by atoms with Gasteiger partial charge in [0.15, 0.2) is 0 Å². The first-order valence-corrected chi connectivity index (χ1v) is 14.4. The van der Waals surface area contributed by atoms with Crippen LogP contribution in [0, 0.1) is 11.8 Å². The van der Waals surface area contributed by atoms with Gasteiger partial charge in [-0.15, -0.1) is 10.2 Å². The van der Waals surface area contributed by atoms with Crippen molar-refractivity contribution in [1.82, 2.24) is 28.6 Å². The third-order valence-corrected chi connectivity index (χ3v) is 9.19. The summed E-state index contributed by atoms with van der Waals surface area (Å²) >= 11 is 0. The van der Waals surface area contributed by atoms with E-state index in [1.165, 1.54) is 17.0 Å². The second-order valence-electron chi connectivity index (χ2n) is 11.8. The first-order valence-electron chi connectivity index (χ1n) is 14.4. The lowest BCUT2D eigenvalue weighted by Gasteiger charge is -2.37. The lowest BCUT2D eigenvalue weighted by Crippen LogP contribution is -2.42. The van der Waals surface area contributed by atoms with Crippen molar-refractivity contribution in [2.75, 3.05) is 13.1 Å². The Bertz CT molecular complexity index is 1680. The second kappa shape index (κ2) is 10.8. The molecule has 43 heavy (non-hydrogen) atoms. The van der Waals surface area contributed by atoms with Crippen LogP contribution in [0.25, 0.3) is 11.2 Å². The van der Waals surface area contributed by atoms with Crippen molar-refractivity contribution in [2.45, 2.75) is 63.3 Å². The van der Waals surface area contributed by atoms with Crippen LogP contribution >= 0.6 is 0 Å².